The quantitative estimate of drug-likeness (QED) is 0.436. The van der Waals surface area contributed by atoms with Crippen molar-refractivity contribution in [1.82, 2.24) is 0 Å². The van der Waals surface area contributed by atoms with Gasteiger partial charge in [0.25, 0.3) is 0 Å². The number of carbonyl (C=O) groups is 2. The Hall–Kier alpha value is -3.08. The molecule has 1 N–H and O–H groups in total. The molecule has 2 aromatic carbocycles. The number of ether oxygens (including phenoxy) is 2. The van der Waals surface area contributed by atoms with Gasteiger partial charge in [-0.2, -0.15) is 0 Å². The van der Waals surface area contributed by atoms with Crippen LogP contribution >= 0.6 is 0 Å². The molecule has 0 aliphatic rings. The first-order chi connectivity index (χ1) is 12.6. The van der Waals surface area contributed by atoms with E-state index in [0.717, 1.165) is 24.2 Å². The van der Waals surface area contributed by atoms with E-state index in [1.54, 1.807) is 30.3 Å². The van der Waals surface area contributed by atoms with Gasteiger partial charge in [-0.25, -0.2) is 4.79 Å². The van der Waals surface area contributed by atoms with Crippen molar-refractivity contribution in [3.05, 3.63) is 65.7 Å². The van der Waals surface area contributed by atoms with Crippen LogP contribution in [0.3, 0.4) is 0 Å². The third kappa shape index (κ3) is 5.77. The molecule has 0 aliphatic carbocycles. The topological polar surface area (TPSA) is 64.6 Å². The van der Waals surface area contributed by atoms with Crippen molar-refractivity contribution >= 4 is 23.6 Å². The van der Waals surface area contributed by atoms with Crippen LogP contribution in [0.1, 0.15) is 35.7 Å². The lowest BCUT2D eigenvalue weighted by Crippen LogP contribution is -2.09. The van der Waals surface area contributed by atoms with Crippen molar-refractivity contribution in [3.8, 4) is 5.75 Å². The summed E-state index contributed by atoms with van der Waals surface area (Å²) in [6, 6.07) is 14.2. The average molecular weight is 353 g/mol. The molecule has 0 atom stereocenters. The average Bonchev–Trinajstić information content (AvgIpc) is 2.67. The van der Waals surface area contributed by atoms with Crippen LogP contribution < -0.4 is 10.1 Å². The van der Waals surface area contributed by atoms with Crippen molar-refractivity contribution in [2.45, 2.75) is 19.8 Å². The third-order valence-corrected chi connectivity index (χ3v) is 3.64. The van der Waals surface area contributed by atoms with Gasteiger partial charge in [-0.15, -0.1) is 0 Å². The monoisotopic (exact) mass is 353 g/mol. The lowest BCUT2D eigenvalue weighted by Gasteiger charge is -2.08. The lowest BCUT2D eigenvalue weighted by atomic mass is 10.1. The van der Waals surface area contributed by atoms with Crippen molar-refractivity contribution in [1.29, 1.82) is 0 Å². The molecule has 136 valence electrons. The number of amides is 1. The summed E-state index contributed by atoms with van der Waals surface area (Å²) in [6.07, 6.45) is 5.19. The summed E-state index contributed by atoms with van der Waals surface area (Å²) >= 11 is 0. The van der Waals surface area contributed by atoms with Crippen molar-refractivity contribution in [3.63, 3.8) is 0 Å². The van der Waals surface area contributed by atoms with Crippen LogP contribution in [0.2, 0.25) is 0 Å². The molecule has 5 heteroatoms. The van der Waals surface area contributed by atoms with Gasteiger partial charge in [-0.3, -0.25) is 4.79 Å². The smallest absolute Gasteiger partial charge is 0.337 e. The fraction of sp³-hybridized carbons (Fsp3) is 0.238. The minimum atomic E-state index is -0.449. The van der Waals surface area contributed by atoms with Gasteiger partial charge in [0.1, 0.15) is 5.75 Å². The summed E-state index contributed by atoms with van der Waals surface area (Å²) in [5, 5.41) is 2.73. The molecule has 0 aliphatic heterocycles. The number of carbonyl (C=O) groups excluding carboxylic acids is 2. The Labute approximate surface area is 153 Å². The molecule has 0 radical (unpaired) electrons. The first-order valence-electron chi connectivity index (χ1n) is 8.53. The van der Waals surface area contributed by atoms with Crippen molar-refractivity contribution in [2.24, 2.45) is 0 Å². The Bertz CT molecular complexity index is 783. The van der Waals surface area contributed by atoms with Gasteiger partial charge in [0.15, 0.2) is 0 Å². The predicted molar refractivity (Wildman–Crippen MR) is 102 cm³/mol. The highest BCUT2D eigenvalue weighted by Gasteiger charge is 2.07. The van der Waals surface area contributed by atoms with Gasteiger partial charge >= 0.3 is 5.97 Å². The first kappa shape index (κ1) is 19.2. The minimum absolute atomic E-state index is 0.296. The second kappa shape index (κ2) is 10.0. The number of nitrogens with one attached hydrogen (secondary N) is 1. The maximum atomic E-state index is 12.2. The Morgan fingerprint density at radius 3 is 2.69 bits per heavy atom. The van der Waals surface area contributed by atoms with Crippen LogP contribution in [-0.2, 0) is 9.53 Å². The van der Waals surface area contributed by atoms with E-state index in [2.05, 4.69) is 17.0 Å². The van der Waals surface area contributed by atoms with Crippen LogP contribution in [0.5, 0.6) is 5.75 Å². The molecule has 2 rings (SSSR count). The molecule has 1 amide bonds. The summed E-state index contributed by atoms with van der Waals surface area (Å²) in [4.78, 5) is 23.7. The van der Waals surface area contributed by atoms with E-state index in [4.69, 9.17) is 4.74 Å². The molecular weight excluding hydrogens is 330 g/mol. The van der Waals surface area contributed by atoms with E-state index in [1.165, 1.54) is 13.2 Å². The number of rotatable bonds is 8. The molecule has 0 heterocycles. The highest BCUT2D eigenvalue weighted by molar-refractivity contribution is 6.02. The molecule has 0 spiro atoms. The highest BCUT2D eigenvalue weighted by atomic mass is 16.5. The third-order valence-electron chi connectivity index (χ3n) is 3.64. The van der Waals surface area contributed by atoms with Gasteiger partial charge in [0, 0.05) is 17.3 Å². The number of para-hydroxylation sites is 1. The van der Waals surface area contributed by atoms with Crippen molar-refractivity contribution < 1.29 is 19.1 Å². The standard InChI is InChI=1S/C21H23NO4/c1-3-4-14-26-19-11-6-5-8-16(19)12-13-20(23)22-18-10-7-9-17(15-18)21(24)25-2/h5-13,15H,3-4,14H2,1-2H3,(H,22,23). The van der Waals surface area contributed by atoms with Crippen LogP contribution in [0.15, 0.2) is 54.6 Å². The SMILES string of the molecule is CCCCOc1ccccc1C=CC(=O)Nc1cccc(C(=O)OC)c1. The second-order valence-electron chi connectivity index (χ2n) is 5.63. The number of esters is 1. The fourth-order valence-electron chi connectivity index (χ4n) is 2.27. The van der Waals surface area contributed by atoms with Crippen LogP contribution in [0.25, 0.3) is 6.08 Å². The van der Waals surface area contributed by atoms with E-state index in [0.29, 0.717) is 17.9 Å². The van der Waals surface area contributed by atoms with E-state index in [9.17, 15) is 9.59 Å². The number of methoxy groups -OCH3 is 1. The van der Waals surface area contributed by atoms with E-state index in [1.807, 2.05) is 24.3 Å². The fourth-order valence-corrected chi connectivity index (χ4v) is 2.27. The largest absolute Gasteiger partial charge is 0.493 e. The van der Waals surface area contributed by atoms with Gasteiger partial charge < -0.3 is 14.8 Å². The van der Waals surface area contributed by atoms with Crippen LogP contribution in [-0.4, -0.2) is 25.6 Å². The lowest BCUT2D eigenvalue weighted by molar-refractivity contribution is -0.111. The number of benzene rings is 2. The maximum Gasteiger partial charge on any atom is 0.337 e. The second-order valence-corrected chi connectivity index (χ2v) is 5.63. The van der Waals surface area contributed by atoms with E-state index in [-0.39, 0.29) is 5.91 Å². The zero-order valence-corrected chi connectivity index (χ0v) is 15.0. The molecule has 0 unspecified atom stereocenters. The van der Waals surface area contributed by atoms with Crippen molar-refractivity contribution in [2.75, 3.05) is 19.0 Å². The van der Waals surface area contributed by atoms with Gasteiger partial charge in [0.05, 0.1) is 19.3 Å². The molecule has 5 nitrogen and oxygen atoms in total. The summed E-state index contributed by atoms with van der Waals surface area (Å²) in [5.41, 5.74) is 1.74. The summed E-state index contributed by atoms with van der Waals surface area (Å²) < 4.78 is 10.4. The normalized spacial score (nSPS) is 10.5. The zero-order chi connectivity index (χ0) is 18.8. The molecule has 26 heavy (non-hydrogen) atoms. The Balaban J connectivity index is 2.03. The Morgan fingerprint density at radius 1 is 1.12 bits per heavy atom. The molecule has 0 aromatic heterocycles. The number of anilines is 1. The Kier molecular flexibility index (Phi) is 7.43. The van der Waals surface area contributed by atoms with E-state index < -0.39 is 5.97 Å². The number of unbranched alkanes of at least 4 members (excludes halogenated alkanes) is 1. The molecule has 0 fully saturated rings. The van der Waals surface area contributed by atoms with Gasteiger partial charge in [-0.1, -0.05) is 37.6 Å². The van der Waals surface area contributed by atoms with Crippen LogP contribution in [0.4, 0.5) is 5.69 Å². The summed E-state index contributed by atoms with van der Waals surface area (Å²) in [7, 11) is 1.32. The van der Waals surface area contributed by atoms with Gasteiger partial charge in [0.2, 0.25) is 5.91 Å². The van der Waals surface area contributed by atoms with Gasteiger partial charge in [-0.05, 0) is 36.8 Å². The number of hydrogen-bond donors (Lipinski definition) is 1. The predicted octanol–water partition coefficient (Wildman–Crippen LogP) is 4.30. The molecular formula is C21H23NO4. The highest BCUT2D eigenvalue weighted by Crippen LogP contribution is 2.20. The van der Waals surface area contributed by atoms with E-state index >= 15 is 0 Å². The zero-order valence-electron chi connectivity index (χ0n) is 15.0. The molecule has 0 bridgehead atoms. The number of hydrogen-bond acceptors (Lipinski definition) is 4. The molecule has 0 saturated carbocycles. The minimum Gasteiger partial charge on any atom is -0.493 e. The maximum absolute atomic E-state index is 12.2. The molecule has 2 aromatic rings. The summed E-state index contributed by atoms with van der Waals surface area (Å²) in [6.45, 7) is 2.75. The Morgan fingerprint density at radius 2 is 1.92 bits per heavy atom. The van der Waals surface area contributed by atoms with Crippen LogP contribution in [0, 0.1) is 0 Å². The molecule has 0 saturated heterocycles. The first-order valence-corrected chi connectivity index (χ1v) is 8.53. The summed E-state index contributed by atoms with van der Waals surface area (Å²) in [5.74, 6) is 0.00265.